The van der Waals surface area contributed by atoms with Gasteiger partial charge < -0.3 is 9.47 Å². The molecule has 0 unspecified atom stereocenters. The molecule has 1 rings (SSSR count). The quantitative estimate of drug-likeness (QED) is 0.702. The first kappa shape index (κ1) is 10.1. The average Bonchev–Trinajstić information content (AvgIpc) is 2.46. The van der Waals surface area contributed by atoms with Gasteiger partial charge in [-0.2, -0.15) is 0 Å². The van der Waals surface area contributed by atoms with Crippen molar-refractivity contribution in [3.05, 3.63) is 15.8 Å². The number of carbonyl (C=O) groups excluding carboxylic acids is 1. The Hall–Kier alpha value is -1.03. The number of rotatable bonds is 3. The summed E-state index contributed by atoms with van der Waals surface area (Å²) in [6.07, 6.45) is 0. The summed E-state index contributed by atoms with van der Waals surface area (Å²) in [5.74, 6) is 0.290. The highest BCUT2D eigenvalue weighted by Gasteiger charge is 2.16. The number of carbonyl (C=O) groups is 1. The second-order valence-corrected chi connectivity index (χ2v) is 3.73. The highest BCUT2D eigenvalue weighted by molar-refractivity contribution is 7.14. The number of methoxy groups -OCH3 is 1. The van der Waals surface area contributed by atoms with Gasteiger partial charge >= 0.3 is 5.97 Å². The molecule has 0 atom stereocenters. The lowest BCUT2D eigenvalue weighted by Gasteiger charge is -2.01. The van der Waals surface area contributed by atoms with Crippen LogP contribution < -0.4 is 4.74 Å². The van der Waals surface area contributed by atoms with Crippen molar-refractivity contribution in [2.75, 3.05) is 13.7 Å². The van der Waals surface area contributed by atoms with Crippen LogP contribution in [0, 0.1) is 6.92 Å². The van der Waals surface area contributed by atoms with E-state index >= 15 is 0 Å². The lowest BCUT2D eigenvalue weighted by molar-refractivity contribution is 0.0602. The number of esters is 1. The van der Waals surface area contributed by atoms with Crippen LogP contribution in [0.4, 0.5) is 0 Å². The van der Waals surface area contributed by atoms with Gasteiger partial charge in [-0.25, -0.2) is 4.79 Å². The molecular weight excluding hydrogens is 188 g/mol. The molecule has 72 valence electrons. The van der Waals surface area contributed by atoms with E-state index in [0.717, 1.165) is 4.88 Å². The van der Waals surface area contributed by atoms with E-state index in [1.807, 2.05) is 19.9 Å². The Labute approximate surface area is 81.3 Å². The van der Waals surface area contributed by atoms with Gasteiger partial charge in [0, 0.05) is 4.88 Å². The zero-order chi connectivity index (χ0) is 9.84. The van der Waals surface area contributed by atoms with Crippen molar-refractivity contribution >= 4 is 17.3 Å². The predicted molar refractivity (Wildman–Crippen MR) is 51.6 cm³/mol. The molecule has 0 fully saturated rings. The lowest BCUT2D eigenvalue weighted by atomic mass is 10.4. The molecule has 0 saturated heterocycles. The summed E-state index contributed by atoms with van der Waals surface area (Å²) in [7, 11) is 1.37. The molecule has 0 aromatic carbocycles. The molecule has 0 spiro atoms. The van der Waals surface area contributed by atoms with E-state index in [4.69, 9.17) is 4.74 Å². The van der Waals surface area contributed by atoms with E-state index in [1.54, 1.807) is 0 Å². The molecule has 1 aromatic heterocycles. The van der Waals surface area contributed by atoms with Gasteiger partial charge in [0.2, 0.25) is 0 Å². The summed E-state index contributed by atoms with van der Waals surface area (Å²) in [5, 5.41) is 0. The minimum absolute atomic E-state index is 0.332. The molecule has 0 aliphatic carbocycles. The van der Waals surface area contributed by atoms with Crippen LogP contribution >= 0.6 is 11.3 Å². The molecule has 13 heavy (non-hydrogen) atoms. The van der Waals surface area contributed by atoms with E-state index in [-0.39, 0.29) is 5.97 Å². The van der Waals surface area contributed by atoms with E-state index in [1.165, 1.54) is 18.4 Å². The fraction of sp³-hybridized carbons (Fsp3) is 0.444. The van der Waals surface area contributed by atoms with Gasteiger partial charge in [0.05, 0.1) is 13.7 Å². The molecule has 0 bridgehead atoms. The van der Waals surface area contributed by atoms with Crippen molar-refractivity contribution in [1.29, 1.82) is 0 Å². The molecule has 0 aliphatic heterocycles. The van der Waals surface area contributed by atoms with Crippen LogP contribution in [0.2, 0.25) is 0 Å². The van der Waals surface area contributed by atoms with Crippen molar-refractivity contribution in [1.82, 2.24) is 0 Å². The van der Waals surface area contributed by atoms with Crippen LogP contribution in [0.1, 0.15) is 21.5 Å². The van der Waals surface area contributed by atoms with Gasteiger partial charge in [0.1, 0.15) is 5.75 Å². The Morgan fingerprint density at radius 2 is 2.31 bits per heavy atom. The van der Waals surface area contributed by atoms with Crippen molar-refractivity contribution in [3.8, 4) is 5.75 Å². The third kappa shape index (κ3) is 2.21. The summed E-state index contributed by atoms with van der Waals surface area (Å²) in [6, 6.07) is 1.85. The minimum Gasteiger partial charge on any atom is -0.492 e. The Morgan fingerprint density at radius 1 is 1.62 bits per heavy atom. The first-order chi connectivity index (χ1) is 6.19. The van der Waals surface area contributed by atoms with Crippen LogP contribution in [0.25, 0.3) is 0 Å². The molecule has 1 aromatic rings. The Kier molecular flexibility index (Phi) is 3.31. The molecule has 0 amide bonds. The van der Waals surface area contributed by atoms with Gasteiger partial charge in [-0.05, 0) is 19.9 Å². The van der Waals surface area contributed by atoms with E-state index in [0.29, 0.717) is 17.2 Å². The number of thiophene rings is 1. The Balaban J connectivity index is 2.96. The average molecular weight is 200 g/mol. The SMILES string of the molecule is CCOc1cc(C)sc1C(=O)OC. The largest absolute Gasteiger partial charge is 0.492 e. The maximum atomic E-state index is 11.2. The molecule has 1 heterocycles. The summed E-state index contributed by atoms with van der Waals surface area (Å²) in [4.78, 5) is 12.8. The van der Waals surface area contributed by atoms with E-state index < -0.39 is 0 Å². The first-order valence-electron chi connectivity index (χ1n) is 4.00. The zero-order valence-electron chi connectivity index (χ0n) is 7.92. The number of aryl methyl sites for hydroxylation is 1. The fourth-order valence-electron chi connectivity index (χ4n) is 0.989. The second-order valence-electron chi connectivity index (χ2n) is 2.48. The van der Waals surface area contributed by atoms with Crippen molar-refractivity contribution in [3.63, 3.8) is 0 Å². The van der Waals surface area contributed by atoms with Crippen LogP contribution in [0.5, 0.6) is 5.75 Å². The topological polar surface area (TPSA) is 35.5 Å². The van der Waals surface area contributed by atoms with Crippen molar-refractivity contribution < 1.29 is 14.3 Å². The van der Waals surface area contributed by atoms with E-state index in [2.05, 4.69) is 4.74 Å². The predicted octanol–water partition coefficient (Wildman–Crippen LogP) is 2.24. The normalized spacial score (nSPS) is 9.77. The van der Waals surface area contributed by atoms with Gasteiger partial charge in [-0.3, -0.25) is 0 Å². The maximum Gasteiger partial charge on any atom is 0.351 e. The standard InChI is InChI=1S/C9H12O3S/c1-4-12-7-5-6(2)13-8(7)9(10)11-3/h5H,4H2,1-3H3. The Bertz CT molecular complexity index is 304. The molecule has 0 saturated carbocycles. The van der Waals surface area contributed by atoms with Crippen molar-refractivity contribution in [2.24, 2.45) is 0 Å². The first-order valence-corrected chi connectivity index (χ1v) is 4.82. The summed E-state index contributed by atoms with van der Waals surface area (Å²) < 4.78 is 9.92. The maximum absolute atomic E-state index is 11.2. The molecule has 0 N–H and O–H groups in total. The van der Waals surface area contributed by atoms with Crippen LogP contribution in [0.3, 0.4) is 0 Å². The monoisotopic (exact) mass is 200 g/mol. The zero-order valence-corrected chi connectivity index (χ0v) is 8.73. The third-order valence-electron chi connectivity index (χ3n) is 1.49. The van der Waals surface area contributed by atoms with E-state index in [9.17, 15) is 4.79 Å². The molecule has 0 radical (unpaired) electrons. The molecule has 3 nitrogen and oxygen atoms in total. The lowest BCUT2D eigenvalue weighted by Crippen LogP contribution is -2.01. The van der Waals surface area contributed by atoms with Crippen LogP contribution in [0.15, 0.2) is 6.07 Å². The smallest absolute Gasteiger partial charge is 0.351 e. The molecule has 4 heteroatoms. The van der Waals surface area contributed by atoms with Gasteiger partial charge in [-0.15, -0.1) is 11.3 Å². The van der Waals surface area contributed by atoms with Crippen LogP contribution in [-0.2, 0) is 4.74 Å². The summed E-state index contributed by atoms with van der Waals surface area (Å²) in [5.41, 5.74) is 0. The van der Waals surface area contributed by atoms with Gasteiger partial charge in [0.15, 0.2) is 4.88 Å². The van der Waals surface area contributed by atoms with Gasteiger partial charge in [-0.1, -0.05) is 0 Å². The van der Waals surface area contributed by atoms with Crippen molar-refractivity contribution in [2.45, 2.75) is 13.8 Å². The van der Waals surface area contributed by atoms with Gasteiger partial charge in [0.25, 0.3) is 0 Å². The number of hydrogen-bond acceptors (Lipinski definition) is 4. The number of ether oxygens (including phenoxy) is 2. The highest BCUT2D eigenvalue weighted by atomic mass is 32.1. The fourth-order valence-corrected chi connectivity index (χ4v) is 1.86. The second kappa shape index (κ2) is 4.28. The minimum atomic E-state index is -0.332. The van der Waals surface area contributed by atoms with Crippen LogP contribution in [-0.4, -0.2) is 19.7 Å². The molecular formula is C9H12O3S. The molecule has 0 aliphatic rings. The highest BCUT2D eigenvalue weighted by Crippen LogP contribution is 2.29. The summed E-state index contributed by atoms with van der Waals surface area (Å²) >= 11 is 1.39. The summed E-state index contributed by atoms with van der Waals surface area (Å²) in [6.45, 7) is 4.37. The Morgan fingerprint density at radius 3 is 2.85 bits per heavy atom. The number of hydrogen-bond donors (Lipinski definition) is 0. The third-order valence-corrected chi connectivity index (χ3v) is 2.50.